The van der Waals surface area contributed by atoms with E-state index in [2.05, 4.69) is 46.9 Å². The first-order chi connectivity index (χ1) is 6.65. The van der Waals surface area contributed by atoms with E-state index in [4.69, 9.17) is 11.6 Å². The predicted octanol–water partition coefficient (Wildman–Crippen LogP) is 3.73. The van der Waals surface area contributed by atoms with Crippen LogP contribution >= 0.6 is 27.5 Å². The van der Waals surface area contributed by atoms with Crippen LogP contribution in [0.1, 0.15) is 18.5 Å². The average Bonchev–Trinajstić information content (AvgIpc) is 2.18. The van der Waals surface area contributed by atoms with E-state index in [1.54, 1.807) is 0 Å². The second-order valence-corrected chi connectivity index (χ2v) is 4.63. The molecule has 0 saturated heterocycles. The molecule has 0 aliphatic rings. The fraction of sp³-hybridized carbons (Fsp3) is 0.455. The Morgan fingerprint density at radius 2 is 1.93 bits per heavy atom. The molecule has 0 bridgehead atoms. The number of alkyl halides is 1. The van der Waals surface area contributed by atoms with Crippen LogP contribution in [0.25, 0.3) is 0 Å². The van der Waals surface area contributed by atoms with Gasteiger partial charge in [-0.15, -0.1) is 0 Å². The first-order valence-corrected chi connectivity index (χ1v) is 6.16. The lowest BCUT2D eigenvalue weighted by Crippen LogP contribution is -2.24. The molecule has 1 atom stereocenters. The third kappa shape index (κ3) is 3.26. The van der Waals surface area contributed by atoms with Gasteiger partial charge in [-0.1, -0.05) is 39.7 Å². The Bertz CT molecular complexity index is 273. The van der Waals surface area contributed by atoms with Crippen molar-refractivity contribution in [3.63, 3.8) is 0 Å². The molecular formula is C11H15BrClN. The number of hydrogen-bond acceptors (Lipinski definition) is 1. The maximum atomic E-state index is 5.84. The Balaban J connectivity index is 2.68. The van der Waals surface area contributed by atoms with Crippen LogP contribution in [0.5, 0.6) is 0 Å². The maximum absolute atomic E-state index is 5.84. The zero-order chi connectivity index (χ0) is 10.6. The number of halogens is 2. The van der Waals surface area contributed by atoms with Crippen LogP contribution in [-0.4, -0.2) is 23.8 Å². The molecule has 0 aliphatic carbocycles. The SMILES string of the molecule is CC(c1ccc(Cl)cc1)N(C)CCBr. The molecule has 1 aromatic rings. The molecule has 1 unspecified atom stereocenters. The van der Waals surface area contributed by atoms with E-state index >= 15 is 0 Å². The Kier molecular flexibility index (Phi) is 4.93. The number of benzene rings is 1. The van der Waals surface area contributed by atoms with Crippen LogP contribution in [0.2, 0.25) is 5.02 Å². The van der Waals surface area contributed by atoms with E-state index in [-0.39, 0.29) is 0 Å². The van der Waals surface area contributed by atoms with Crippen LogP contribution in [-0.2, 0) is 0 Å². The Morgan fingerprint density at radius 3 is 2.43 bits per heavy atom. The molecule has 0 aliphatic heterocycles. The Labute approximate surface area is 99.2 Å². The molecule has 0 amide bonds. The van der Waals surface area contributed by atoms with Crippen molar-refractivity contribution in [3.8, 4) is 0 Å². The summed E-state index contributed by atoms with van der Waals surface area (Å²) < 4.78 is 0. The van der Waals surface area contributed by atoms with Gasteiger partial charge in [-0.3, -0.25) is 4.90 Å². The second-order valence-electron chi connectivity index (χ2n) is 3.40. The molecule has 0 spiro atoms. The van der Waals surface area contributed by atoms with Gasteiger partial charge in [0.2, 0.25) is 0 Å². The summed E-state index contributed by atoms with van der Waals surface area (Å²) in [5.41, 5.74) is 1.30. The van der Waals surface area contributed by atoms with Gasteiger partial charge in [-0.25, -0.2) is 0 Å². The van der Waals surface area contributed by atoms with E-state index < -0.39 is 0 Å². The van der Waals surface area contributed by atoms with Crippen molar-refractivity contribution in [2.75, 3.05) is 18.9 Å². The summed E-state index contributed by atoms with van der Waals surface area (Å²) in [6, 6.07) is 8.48. The minimum absolute atomic E-state index is 0.435. The maximum Gasteiger partial charge on any atom is 0.0406 e. The van der Waals surface area contributed by atoms with Crippen molar-refractivity contribution < 1.29 is 0 Å². The van der Waals surface area contributed by atoms with Gasteiger partial charge in [0, 0.05) is 22.9 Å². The van der Waals surface area contributed by atoms with Crippen LogP contribution < -0.4 is 0 Å². The van der Waals surface area contributed by atoms with Crippen molar-refractivity contribution in [1.82, 2.24) is 4.90 Å². The number of hydrogen-bond donors (Lipinski definition) is 0. The van der Waals surface area contributed by atoms with Gasteiger partial charge in [-0.05, 0) is 31.7 Å². The zero-order valence-corrected chi connectivity index (χ0v) is 10.8. The Hall–Kier alpha value is -0.0500. The van der Waals surface area contributed by atoms with Gasteiger partial charge in [0.05, 0.1) is 0 Å². The standard InChI is InChI=1S/C11H15BrClN/c1-9(14(2)8-7-12)10-3-5-11(13)6-4-10/h3-6,9H,7-8H2,1-2H3. The van der Waals surface area contributed by atoms with Gasteiger partial charge >= 0.3 is 0 Å². The summed E-state index contributed by atoms with van der Waals surface area (Å²) in [5, 5.41) is 1.80. The molecule has 0 saturated carbocycles. The molecule has 0 aromatic heterocycles. The van der Waals surface area contributed by atoms with Gasteiger partial charge in [-0.2, -0.15) is 0 Å². The smallest absolute Gasteiger partial charge is 0.0406 e. The van der Waals surface area contributed by atoms with Crippen LogP contribution in [0.15, 0.2) is 24.3 Å². The molecule has 1 aromatic carbocycles. The molecule has 0 fully saturated rings. The van der Waals surface area contributed by atoms with Crippen LogP contribution in [0.3, 0.4) is 0 Å². The lowest BCUT2D eigenvalue weighted by Gasteiger charge is -2.24. The highest BCUT2D eigenvalue weighted by Gasteiger charge is 2.09. The quantitative estimate of drug-likeness (QED) is 0.758. The fourth-order valence-corrected chi connectivity index (χ4v) is 2.01. The highest BCUT2D eigenvalue weighted by molar-refractivity contribution is 9.09. The molecule has 1 rings (SSSR count). The average molecular weight is 277 g/mol. The molecule has 78 valence electrons. The third-order valence-electron chi connectivity index (χ3n) is 2.45. The van der Waals surface area contributed by atoms with E-state index in [1.807, 2.05) is 12.1 Å². The third-order valence-corrected chi connectivity index (χ3v) is 3.06. The van der Waals surface area contributed by atoms with Gasteiger partial charge < -0.3 is 0 Å². The van der Waals surface area contributed by atoms with Crippen molar-refractivity contribution in [3.05, 3.63) is 34.9 Å². The number of nitrogens with zero attached hydrogens (tertiary/aromatic N) is 1. The van der Waals surface area contributed by atoms with Crippen molar-refractivity contribution >= 4 is 27.5 Å². The lowest BCUT2D eigenvalue weighted by molar-refractivity contribution is 0.279. The minimum Gasteiger partial charge on any atom is -0.299 e. The highest BCUT2D eigenvalue weighted by atomic mass is 79.9. The second kappa shape index (κ2) is 5.74. The molecule has 3 heteroatoms. The molecule has 0 heterocycles. The summed E-state index contributed by atoms with van der Waals surface area (Å²) in [7, 11) is 2.13. The lowest BCUT2D eigenvalue weighted by atomic mass is 10.1. The summed E-state index contributed by atoms with van der Waals surface area (Å²) in [4.78, 5) is 2.30. The summed E-state index contributed by atoms with van der Waals surface area (Å²) >= 11 is 9.28. The van der Waals surface area contributed by atoms with Crippen molar-refractivity contribution in [2.24, 2.45) is 0 Å². The monoisotopic (exact) mass is 275 g/mol. The first-order valence-electron chi connectivity index (χ1n) is 4.67. The minimum atomic E-state index is 0.435. The molecule has 0 N–H and O–H groups in total. The highest BCUT2D eigenvalue weighted by Crippen LogP contribution is 2.20. The molecule has 0 radical (unpaired) electrons. The summed E-state index contributed by atoms with van der Waals surface area (Å²) in [5.74, 6) is 0. The Morgan fingerprint density at radius 1 is 1.36 bits per heavy atom. The normalized spacial score (nSPS) is 13.2. The van der Waals surface area contributed by atoms with Gasteiger partial charge in [0.15, 0.2) is 0 Å². The first kappa shape index (κ1) is 12.0. The molecular weight excluding hydrogens is 261 g/mol. The van der Waals surface area contributed by atoms with E-state index in [0.717, 1.165) is 16.9 Å². The van der Waals surface area contributed by atoms with E-state index in [0.29, 0.717) is 6.04 Å². The van der Waals surface area contributed by atoms with Gasteiger partial charge in [0.25, 0.3) is 0 Å². The fourth-order valence-electron chi connectivity index (χ4n) is 1.32. The van der Waals surface area contributed by atoms with Crippen LogP contribution in [0.4, 0.5) is 0 Å². The molecule has 1 nitrogen and oxygen atoms in total. The van der Waals surface area contributed by atoms with E-state index in [1.165, 1.54) is 5.56 Å². The van der Waals surface area contributed by atoms with E-state index in [9.17, 15) is 0 Å². The topological polar surface area (TPSA) is 3.24 Å². The largest absolute Gasteiger partial charge is 0.299 e. The van der Waals surface area contributed by atoms with Gasteiger partial charge in [0.1, 0.15) is 0 Å². The van der Waals surface area contributed by atoms with Crippen molar-refractivity contribution in [2.45, 2.75) is 13.0 Å². The molecule has 14 heavy (non-hydrogen) atoms. The van der Waals surface area contributed by atoms with Crippen LogP contribution in [0, 0.1) is 0 Å². The summed E-state index contributed by atoms with van der Waals surface area (Å²) in [6.45, 7) is 3.25. The zero-order valence-electron chi connectivity index (χ0n) is 8.50. The van der Waals surface area contributed by atoms with Crippen molar-refractivity contribution in [1.29, 1.82) is 0 Å². The number of rotatable bonds is 4. The summed E-state index contributed by atoms with van der Waals surface area (Å²) in [6.07, 6.45) is 0. The predicted molar refractivity (Wildman–Crippen MR) is 66.3 cm³/mol.